The lowest BCUT2D eigenvalue weighted by molar-refractivity contribution is -0.130. The maximum atomic E-state index is 12.3. The monoisotopic (exact) mass is 308 g/mol. The Morgan fingerprint density at radius 3 is 2.86 bits per heavy atom. The van der Waals surface area contributed by atoms with Gasteiger partial charge in [-0.2, -0.15) is 0 Å². The molecule has 0 saturated carbocycles. The lowest BCUT2D eigenvalue weighted by atomic mass is 10.2. The molecular weight excluding hydrogens is 292 g/mol. The molecule has 1 aliphatic heterocycles. The fraction of sp³-hybridized carbons (Fsp3) is 0.357. The summed E-state index contributed by atoms with van der Waals surface area (Å²) in [5.74, 6) is -0.0860. The number of carbonyl (C=O) groups excluding carboxylic acids is 1. The number of hydrogen-bond acceptors (Lipinski definition) is 4. The molecule has 1 amide bonds. The number of para-hydroxylation sites is 1. The van der Waals surface area contributed by atoms with Gasteiger partial charge in [0.25, 0.3) is 5.56 Å². The van der Waals surface area contributed by atoms with Crippen LogP contribution in [-0.2, 0) is 11.3 Å². The van der Waals surface area contributed by atoms with Gasteiger partial charge in [-0.25, -0.2) is 4.98 Å². The molecule has 2 heterocycles. The van der Waals surface area contributed by atoms with Crippen LogP contribution in [-0.4, -0.2) is 39.5 Å². The Balaban J connectivity index is 0.00000161. The average Bonchev–Trinajstić information content (AvgIpc) is 2.89. The maximum absolute atomic E-state index is 12.3. The Morgan fingerprint density at radius 2 is 2.14 bits per heavy atom. The molecule has 0 radical (unpaired) electrons. The Labute approximate surface area is 128 Å². The summed E-state index contributed by atoms with van der Waals surface area (Å²) >= 11 is 0. The highest BCUT2D eigenvalue weighted by Gasteiger charge is 2.23. The second-order valence-corrected chi connectivity index (χ2v) is 5.08. The van der Waals surface area contributed by atoms with E-state index in [-0.39, 0.29) is 36.5 Å². The Kier molecular flexibility index (Phi) is 4.59. The number of fused-ring (bicyclic) bond motifs is 1. The van der Waals surface area contributed by atoms with Crippen molar-refractivity contribution in [3.05, 3.63) is 40.9 Å². The first kappa shape index (κ1) is 15.5. The van der Waals surface area contributed by atoms with Crippen molar-refractivity contribution in [2.24, 2.45) is 5.73 Å². The van der Waals surface area contributed by atoms with E-state index in [4.69, 9.17) is 5.73 Å². The van der Waals surface area contributed by atoms with Gasteiger partial charge in [0, 0.05) is 19.1 Å². The lowest BCUT2D eigenvalue weighted by Gasteiger charge is -2.16. The smallest absolute Gasteiger partial charge is 0.261 e. The highest BCUT2D eigenvalue weighted by Crippen LogP contribution is 2.08. The van der Waals surface area contributed by atoms with E-state index in [9.17, 15) is 9.59 Å². The minimum absolute atomic E-state index is 0. The summed E-state index contributed by atoms with van der Waals surface area (Å²) in [5, 5.41) is 0.529. The number of aromatic nitrogens is 2. The van der Waals surface area contributed by atoms with Gasteiger partial charge in [0.2, 0.25) is 5.91 Å². The van der Waals surface area contributed by atoms with E-state index in [1.165, 1.54) is 10.9 Å². The molecule has 1 unspecified atom stereocenters. The maximum Gasteiger partial charge on any atom is 0.261 e. The van der Waals surface area contributed by atoms with Crippen molar-refractivity contribution in [3.63, 3.8) is 0 Å². The SMILES string of the molecule is Cl.NC1CCN(C(=O)Cn2cnc3ccccc3c2=O)C1. The average molecular weight is 309 g/mol. The number of rotatable bonds is 2. The zero-order chi connectivity index (χ0) is 14.1. The zero-order valence-corrected chi connectivity index (χ0v) is 12.3. The molecule has 1 atom stereocenters. The Hall–Kier alpha value is -1.92. The summed E-state index contributed by atoms with van der Waals surface area (Å²) in [6.45, 7) is 1.24. The third-order valence-corrected chi connectivity index (χ3v) is 3.61. The minimum atomic E-state index is -0.188. The van der Waals surface area contributed by atoms with Crippen LogP contribution >= 0.6 is 12.4 Å². The molecule has 1 fully saturated rings. The van der Waals surface area contributed by atoms with Gasteiger partial charge in [0.1, 0.15) is 6.54 Å². The summed E-state index contributed by atoms with van der Waals surface area (Å²) in [5.41, 5.74) is 6.24. The summed E-state index contributed by atoms with van der Waals surface area (Å²) in [6, 6.07) is 7.16. The number of benzene rings is 1. The second kappa shape index (κ2) is 6.24. The fourth-order valence-electron chi connectivity index (χ4n) is 2.48. The molecule has 0 spiro atoms. The number of likely N-dealkylation sites (tertiary alicyclic amines) is 1. The van der Waals surface area contributed by atoms with Gasteiger partial charge < -0.3 is 10.6 Å². The first-order valence-corrected chi connectivity index (χ1v) is 6.62. The van der Waals surface area contributed by atoms with Gasteiger partial charge in [-0.1, -0.05) is 12.1 Å². The third-order valence-electron chi connectivity index (χ3n) is 3.61. The molecule has 0 aliphatic carbocycles. The van der Waals surface area contributed by atoms with Crippen molar-refractivity contribution >= 4 is 29.2 Å². The second-order valence-electron chi connectivity index (χ2n) is 5.08. The molecule has 1 aromatic carbocycles. The molecule has 1 saturated heterocycles. The van der Waals surface area contributed by atoms with Crippen LogP contribution in [0.3, 0.4) is 0 Å². The minimum Gasteiger partial charge on any atom is -0.340 e. The highest BCUT2D eigenvalue weighted by molar-refractivity contribution is 5.85. The zero-order valence-electron chi connectivity index (χ0n) is 11.4. The van der Waals surface area contributed by atoms with E-state index in [2.05, 4.69) is 4.98 Å². The summed E-state index contributed by atoms with van der Waals surface area (Å²) in [7, 11) is 0. The largest absolute Gasteiger partial charge is 0.340 e. The number of hydrogen-bond donors (Lipinski definition) is 1. The summed E-state index contributed by atoms with van der Waals surface area (Å²) in [6.07, 6.45) is 2.25. The normalized spacial score (nSPS) is 17.8. The van der Waals surface area contributed by atoms with E-state index in [0.717, 1.165) is 6.42 Å². The molecule has 1 aliphatic rings. The number of amides is 1. The molecular formula is C14H17ClN4O2. The number of nitrogens with zero attached hydrogens (tertiary/aromatic N) is 3. The van der Waals surface area contributed by atoms with Crippen molar-refractivity contribution in [2.45, 2.75) is 19.0 Å². The molecule has 2 N–H and O–H groups in total. The highest BCUT2D eigenvalue weighted by atomic mass is 35.5. The van der Waals surface area contributed by atoms with Crippen molar-refractivity contribution in [1.82, 2.24) is 14.5 Å². The first-order chi connectivity index (χ1) is 9.65. The van der Waals surface area contributed by atoms with Gasteiger partial charge in [-0.05, 0) is 18.6 Å². The molecule has 2 aromatic rings. The van der Waals surface area contributed by atoms with Crippen LogP contribution in [0.4, 0.5) is 0 Å². The van der Waals surface area contributed by atoms with Crippen LogP contribution in [0, 0.1) is 0 Å². The van der Waals surface area contributed by atoms with Gasteiger partial charge in [-0.15, -0.1) is 12.4 Å². The van der Waals surface area contributed by atoms with Crippen molar-refractivity contribution in [1.29, 1.82) is 0 Å². The van der Waals surface area contributed by atoms with Crippen LogP contribution in [0.25, 0.3) is 10.9 Å². The summed E-state index contributed by atoms with van der Waals surface area (Å²) in [4.78, 5) is 30.3. The van der Waals surface area contributed by atoms with Crippen LogP contribution in [0.1, 0.15) is 6.42 Å². The van der Waals surface area contributed by atoms with E-state index >= 15 is 0 Å². The molecule has 1 aromatic heterocycles. The van der Waals surface area contributed by atoms with Crippen molar-refractivity contribution in [2.75, 3.05) is 13.1 Å². The standard InChI is InChI=1S/C14H16N4O2.ClH/c15-10-5-6-17(7-10)13(19)8-18-9-16-12-4-2-1-3-11(12)14(18)20;/h1-4,9-10H,5-8,15H2;1H. The van der Waals surface area contributed by atoms with Gasteiger partial charge in [-0.3, -0.25) is 14.2 Å². The third kappa shape index (κ3) is 3.06. The Bertz CT molecular complexity index is 715. The van der Waals surface area contributed by atoms with E-state index < -0.39 is 0 Å². The van der Waals surface area contributed by atoms with Crippen LogP contribution in [0.2, 0.25) is 0 Å². The van der Waals surface area contributed by atoms with E-state index in [1.54, 1.807) is 23.1 Å². The molecule has 0 bridgehead atoms. The molecule has 3 rings (SSSR count). The topological polar surface area (TPSA) is 81.2 Å². The van der Waals surface area contributed by atoms with Crippen LogP contribution in [0.5, 0.6) is 0 Å². The van der Waals surface area contributed by atoms with Crippen molar-refractivity contribution in [3.8, 4) is 0 Å². The Morgan fingerprint density at radius 1 is 1.38 bits per heavy atom. The van der Waals surface area contributed by atoms with E-state index in [1.807, 2.05) is 6.07 Å². The van der Waals surface area contributed by atoms with Gasteiger partial charge in [0.05, 0.1) is 17.2 Å². The molecule has 21 heavy (non-hydrogen) atoms. The van der Waals surface area contributed by atoms with Gasteiger partial charge in [0.15, 0.2) is 0 Å². The predicted octanol–water partition coefficient (Wildman–Crippen LogP) is 0.378. The number of carbonyl (C=O) groups is 1. The first-order valence-electron chi connectivity index (χ1n) is 6.62. The summed E-state index contributed by atoms with van der Waals surface area (Å²) < 4.78 is 1.36. The molecule has 112 valence electrons. The van der Waals surface area contributed by atoms with Crippen molar-refractivity contribution < 1.29 is 4.79 Å². The van der Waals surface area contributed by atoms with Crippen LogP contribution in [0.15, 0.2) is 35.4 Å². The quantitative estimate of drug-likeness (QED) is 0.869. The fourth-order valence-corrected chi connectivity index (χ4v) is 2.48. The van der Waals surface area contributed by atoms with Crippen LogP contribution < -0.4 is 11.3 Å². The number of halogens is 1. The van der Waals surface area contributed by atoms with E-state index in [0.29, 0.717) is 24.0 Å². The molecule has 6 nitrogen and oxygen atoms in total. The number of nitrogens with two attached hydrogens (primary N) is 1. The molecule has 7 heteroatoms. The van der Waals surface area contributed by atoms with Gasteiger partial charge >= 0.3 is 0 Å². The predicted molar refractivity (Wildman–Crippen MR) is 82.4 cm³/mol. The lowest BCUT2D eigenvalue weighted by Crippen LogP contribution is -2.36.